The molecule has 2 rings (SSSR count). The number of likely N-dealkylation sites (tertiary alicyclic amines) is 1. The first-order valence-electron chi connectivity index (χ1n) is 10.1. The first-order valence-corrected chi connectivity index (χ1v) is 10.1. The lowest BCUT2D eigenvalue weighted by atomic mass is 9.89. The number of aliphatic imine (C=N–C) groups is 1. The van der Waals surface area contributed by atoms with Crippen LogP contribution in [0.15, 0.2) is 35.3 Å². The van der Waals surface area contributed by atoms with Gasteiger partial charge < -0.3 is 20.3 Å². The van der Waals surface area contributed by atoms with E-state index in [4.69, 9.17) is 4.74 Å². The number of guanidine groups is 1. The maximum absolute atomic E-state index is 12.3. The van der Waals surface area contributed by atoms with Crippen LogP contribution in [0.2, 0.25) is 0 Å². The summed E-state index contributed by atoms with van der Waals surface area (Å²) in [6.07, 6.45) is 1.59. The molecule has 1 aliphatic rings. The van der Waals surface area contributed by atoms with Gasteiger partial charge in [-0.15, -0.1) is 0 Å². The number of rotatable bonds is 8. The van der Waals surface area contributed by atoms with Gasteiger partial charge in [0.25, 0.3) is 0 Å². The van der Waals surface area contributed by atoms with Gasteiger partial charge in [-0.05, 0) is 17.4 Å². The van der Waals surface area contributed by atoms with Gasteiger partial charge in [-0.1, -0.05) is 51.1 Å². The molecule has 1 heterocycles. The van der Waals surface area contributed by atoms with Crippen molar-refractivity contribution in [2.75, 3.05) is 40.3 Å². The third-order valence-electron chi connectivity index (χ3n) is 5.29. The zero-order chi connectivity index (χ0) is 20.6. The fourth-order valence-corrected chi connectivity index (χ4v) is 3.51. The number of nitrogens with zero attached hydrogens (tertiary/aromatic N) is 2. The number of hydrogen-bond donors (Lipinski definition) is 2. The Morgan fingerprint density at radius 3 is 2.61 bits per heavy atom. The fourth-order valence-electron chi connectivity index (χ4n) is 3.51. The minimum Gasteiger partial charge on any atom is -0.379 e. The van der Waals surface area contributed by atoms with Crippen LogP contribution in [-0.4, -0.2) is 63.2 Å². The quantitative estimate of drug-likeness (QED) is 0.530. The third kappa shape index (κ3) is 6.82. The van der Waals surface area contributed by atoms with Crippen molar-refractivity contribution >= 4 is 11.9 Å². The highest BCUT2D eigenvalue weighted by atomic mass is 16.5. The molecule has 28 heavy (non-hydrogen) atoms. The van der Waals surface area contributed by atoms with Crippen molar-refractivity contribution in [2.24, 2.45) is 16.3 Å². The Labute approximate surface area is 169 Å². The summed E-state index contributed by atoms with van der Waals surface area (Å²) >= 11 is 0. The summed E-state index contributed by atoms with van der Waals surface area (Å²) in [6.45, 7) is 9.49. The van der Waals surface area contributed by atoms with E-state index < -0.39 is 0 Å². The average molecular weight is 389 g/mol. The van der Waals surface area contributed by atoms with Crippen LogP contribution in [0, 0.1) is 11.3 Å². The number of ether oxygens (including phenoxy) is 1. The summed E-state index contributed by atoms with van der Waals surface area (Å²) < 4.78 is 5.58. The molecule has 1 fully saturated rings. The standard InChI is InChI=1S/C22H36N4O2/c1-22(2,3)19(28-5)15-25-21(23-4)24-14-18-13-20(27)26(16-18)12-11-17-9-7-6-8-10-17/h6-10,18-19H,11-16H2,1-5H3,(H2,23,24,25). The summed E-state index contributed by atoms with van der Waals surface area (Å²) in [5.74, 6) is 1.31. The third-order valence-corrected chi connectivity index (χ3v) is 5.29. The first kappa shape index (κ1) is 22.2. The predicted octanol–water partition coefficient (Wildman–Crippen LogP) is 2.30. The Morgan fingerprint density at radius 1 is 1.29 bits per heavy atom. The van der Waals surface area contributed by atoms with E-state index >= 15 is 0 Å². The molecular weight excluding hydrogens is 352 g/mol. The minimum atomic E-state index is 0.0533. The summed E-state index contributed by atoms with van der Waals surface area (Å²) in [4.78, 5) is 18.6. The van der Waals surface area contributed by atoms with Crippen molar-refractivity contribution in [1.29, 1.82) is 0 Å². The number of carbonyl (C=O) groups is 1. The molecule has 1 aromatic carbocycles. The second-order valence-electron chi connectivity index (χ2n) is 8.57. The summed E-state index contributed by atoms with van der Waals surface area (Å²) in [6, 6.07) is 10.3. The molecule has 2 unspecified atom stereocenters. The molecule has 0 aromatic heterocycles. The van der Waals surface area contributed by atoms with E-state index in [2.05, 4.69) is 48.5 Å². The summed E-state index contributed by atoms with van der Waals surface area (Å²) in [5, 5.41) is 6.70. The predicted molar refractivity (Wildman–Crippen MR) is 114 cm³/mol. The van der Waals surface area contributed by atoms with Crippen LogP contribution in [0.1, 0.15) is 32.8 Å². The molecule has 0 bridgehead atoms. The molecule has 156 valence electrons. The van der Waals surface area contributed by atoms with Crippen molar-refractivity contribution in [3.63, 3.8) is 0 Å². The lowest BCUT2D eigenvalue weighted by molar-refractivity contribution is -0.127. The van der Waals surface area contributed by atoms with E-state index in [0.717, 1.165) is 32.0 Å². The molecule has 1 saturated heterocycles. The van der Waals surface area contributed by atoms with Crippen molar-refractivity contribution in [1.82, 2.24) is 15.5 Å². The number of benzene rings is 1. The van der Waals surface area contributed by atoms with Crippen LogP contribution >= 0.6 is 0 Å². The highest BCUT2D eigenvalue weighted by Crippen LogP contribution is 2.21. The van der Waals surface area contributed by atoms with Crippen molar-refractivity contribution in [3.05, 3.63) is 35.9 Å². The van der Waals surface area contributed by atoms with E-state index in [9.17, 15) is 4.79 Å². The van der Waals surface area contributed by atoms with Crippen molar-refractivity contribution < 1.29 is 9.53 Å². The Hall–Kier alpha value is -2.08. The lowest BCUT2D eigenvalue weighted by Gasteiger charge is -2.30. The van der Waals surface area contributed by atoms with Gasteiger partial charge in [-0.2, -0.15) is 0 Å². The molecule has 0 radical (unpaired) electrons. The fraction of sp³-hybridized carbons (Fsp3) is 0.636. The molecule has 0 aliphatic carbocycles. The number of nitrogens with one attached hydrogen (secondary N) is 2. The number of hydrogen-bond acceptors (Lipinski definition) is 3. The average Bonchev–Trinajstić information content (AvgIpc) is 3.02. The van der Waals surface area contributed by atoms with Gasteiger partial charge in [0, 0.05) is 52.7 Å². The van der Waals surface area contributed by atoms with Crippen LogP contribution in [0.25, 0.3) is 0 Å². The van der Waals surface area contributed by atoms with Crippen LogP contribution in [0.4, 0.5) is 0 Å². The molecular formula is C22H36N4O2. The first-order chi connectivity index (χ1) is 13.3. The maximum atomic E-state index is 12.3. The van der Waals surface area contributed by atoms with Crippen LogP contribution in [0.3, 0.4) is 0 Å². The van der Waals surface area contributed by atoms with E-state index in [-0.39, 0.29) is 17.4 Å². The van der Waals surface area contributed by atoms with Gasteiger partial charge in [0.2, 0.25) is 5.91 Å². The molecule has 0 saturated carbocycles. The number of carbonyl (C=O) groups excluding carboxylic acids is 1. The Bertz CT molecular complexity index is 640. The summed E-state index contributed by atoms with van der Waals surface area (Å²) in [5.41, 5.74) is 1.32. The SMILES string of the molecule is CN=C(NCC1CC(=O)N(CCc2ccccc2)C1)NCC(OC)C(C)(C)C. The molecule has 6 heteroatoms. The largest absolute Gasteiger partial charge is 0.379 e. The van der Waals surface area contributed by atoms with Gasteiger partial charge in [-0.25, -0.2) is 0 Å². The van der Waals surface area contributed by atoms with E-state index in [1.807, 2.05) is 23.1 Å². The van der Waals surface area contributed by atoms with Crippen molar-refractivity contribution in [3.8, 4) is 0 Å². The van der Waals surface area contributed by atoms with Gasteiger partial charge in [0.05, 0.1) is 6.10 Å². The minimum absolute atomic E-state index is 0.0533. The highest BCUT2D eigenvalue weighted by molar-refractivity contribution is 5.80. The zero-order valence-corrected chi connectivity index (χ0v) is 18.0. The van der Waals surface area contributed by atoms with Crippen molar-refractivity contribution in [2.45, 2.75) is 39.7 Å². The molecule has 1 amide bonds. The van der Waals surface area contributed by atoms with Gasteiger partial charge in [0.1, 0.15) is 0 Å². The zero-order valence-electron chi connectivity index (χ0n) is 18.0. The highest BCUT2D eigenvalue weighted by Gasteiger charge is 2.29. The second-order valence-corrected chi connectivity index (χ2v) is 8.57. The molecule has 0 spiro atoms. The van der Waals surface area contributed by atoms with Crippen LogP contribution in [-0.2, 0) is 16.0 Å². The molecule has 1 aromatic rings. The molecule has 2 N–H and O–H groups in total. The Balaban J connectivity index is 1.75. The van der Waals surface area contributed by atoms with E-state index in [1.54, 1.807) is 14.2 Å². The Kier molecular flexibility index (Phi) is 8.30. The van der Waals surface area contributed by atoms with Crippen LogP contribution < -0.4 is 10.6 Å². The maximum Gasteiger partial charge on any atom is 0.223 e. The van der Waals surface area contributed by atoms with Gasteiger partial charge in [0.15, 0.2) is 5.96 Å². The second kappa shape index (κ2) is 10.5. The smallest absolute Gasteiger partial charge is 0.223 e. The topological polar surface area (TPSA) is 66.0 Å². The van der Waals surface area contributed by atoms with Gasteiger partial charge >= 0.3 is 0 Å². The van der Waals surface area contributed by atoms with Crippen LogP contribution in [0.5, 0.6) is 0 Å². The van der Waals surface area contributed by atoms with Gasteiger partial charge in [-0.3, -0.25) is 9.79 Å². The Morgan fingerprint density at radius 2 is 2.00 bits per heavy atom. The molecule has 6 nitrogen and oxygen atoms in total. The number of amides is 1. The lowest BCUT2D eigenvalue weighted by Crippen LogP contribution is -2.46. The summed E-state index contributed by atoms with van der Waals surface area (Å²) in [7, 11) is 3.50. The molecule has 2 atom stereocenters. The number of methoxy groups -OCH3 is 1. The van der Waals surface area contributed by atoms with E-state index in [0.29, 0.717) is 18.9 Å². The monoisotopic (exact) mass is 388 g/mol. The molecule has 1 aliphatic heterocycles. The normalized spacial score (nSPS) is 19.0. The van der Waals surface area contributed by atoms with E-state index in [1.165, 1.54) is 5.56 Å².